The zero-order valence-corrected chi connectivity index (χ0v) is 13.1. The number of carbonyl (C=O) groups excluding carboxylic acids is 1. The van der Waals surface area contributed by atoms with E-state index in [4.69, 9.17) is 15.7 Å². The second-order valence-electron chi connectivity index (χ2n) is 5.85. The second kappa shape index (κ2) is 6.46. The summed E-state index contributed by atoms with van der Waals surface area (Å²) in [5, 5.41) is 11.8. The van der Waals surface area contributed by atoms with Crippen molar-refractivity contribution in [2.24, 2.45) is 10.2 Å². The first-order valence-corrected chi connectivity index (χ1v) is 7.66. The van der Waals surface area contributed by atoms with Gasteiger partial charge in [0.05, 0.1) is 6.10 Å². The van der Waals surface area contributed by atoms with Gasteiger partial charge in [0.2, 0.25) is 5.91 Å². The van der Waals surface area contributed by atoms with E-state index in [9.17, 15) is 4.79 Å². The predicted molar refractivity (Wildman–Crippen MR) is 79.1 cm³/mol. The van der Waals surface area contributed by atoms with Gasteiger partial charge in [-0.3, -0.25) is 4.79 Å². The van der Waals surface area contributed by atoms with E-state index in [1.54, 1.807) is 11.8 Å². The third-order valence-corrected chi connectivity index (χ3v) is 4.00. The highest BCUT2D eigenvalue weighted by molar-refractivity contribution is 5.77. The summed E-state index contributed by atoms with van der Waals surface area (Å²) >= 11 is 0. The Kier molecular flexibility index (Phi) is 4.39. The van der Waals surface area contributed by atoms with Crippen LogP contribution in [0.5, 0.6) is 0 Å². The maximum Gasteiger partial charge on any atom is 0.252 e. The van der Waals surface area contributed by atoms with Gasteiger partial charge in [-0.1, -0.05) is 5.16 Å². The number of amides is 1. The fraction of sp³-hybridized carbons (Fsp3) is 0.667. The van der Waals surface area contributed by atoms with Crippen LogP contribution in [0.4, 0.5) is 0 Å². The van der Waals surface area contributed by atoms with Gasteiger partial charge in [-0.25, -0.2) is 0 Å². The van der Waals surface area contributed by atoms with Gasteiger partial charge >= 0.3 is 0 Å². The summed E-state index contributed by atoms with van der Waals surface area (Å²) in [7, 11) is 0. The van der Waals surface area contributed by atoms with Crippen LogP contribution in [0.1, 0.15) is 37.4 Å². The molecule has 1 aromatic rings. The third kappa shape index (κ3) is 3.93. The number of aryl methyl sites for hydroxylation is 1. The molecule has 8 nitrogen and oxygen atoms in total. The molecule has 1 fully saturated rings. The lowest BCUT2D eigenvalue weighted by Gasteiger charge is -2.38. The molecule has 8 heteroatoms. The highest BCUT2D eigenvalue weighted by Crippen LogP contribution is 2.37. The van der Waals surface area contributed by atoms with Gasteiger partial charge in [-0.2, -0.15) is 15.2 Å². The molecular weight excluding hydrogens is 298 g/mol. The van der Waals surface area contributed by atoms with Crippen LogP contribution in [0.3, 0.4) is 0 Å². The summed E-state index contributed by atoms with van der Waals surface area (Å²) in [6, 6.07) is 0. The van der Waals surface area contributed by atoms with E-state index < -0.39 is 5.66 Å². The van der Waals surface area contributed by atoms with Crippen LogP contribution in [-0.4, -0.2) is 45.8 Å². The summed E-state index contributed by atoms with van der Waals surface area (Å²) in [5.74, 6) is 3.73. The molecule has 0 N–H and O–H groups in total. The SMILES string of the molecule is C#CCCC1(CCC(=O)N2CC(OCc3nc(C)no3)C2)N=N1. The molecule has 0 aliphatic carbocycles. The van der Waals surface area contributed by atoms with Gasteiger partial charge in [-0.15, -0.1) is 12.3 Å². The molecule has 2 aliphatic rings. The summed E-state index contributed by atoms with van der Waals surface area (Å²) in [6.45, 7) is 3.22. The first kappa shape index (κ1) is 15.6. The minimum atomic E-state index is -0.390. The van der Waals surface area contributed by atoms with Crippen molar-refractivity contribution in [3.05, 3.63) is 11.7 Å². The molecule has 2 aliphatic heterocycles. The third-order valence-electron chi connectivity index (χ3n) is 4.00. The Hall–Kier alpha value is -2.27. The lowest BCUT2D eigenvalue weighted by atomic mass is 10.0. The summed E-state index contributed by atoms with van der Waals surface area (Å²) < 4.78 is 10.6. The monoisotopic (exact) mass is 317 g/mol. The summed E-state index contributed by atoms with van der Waals surface area (Å²) in [4.78, 5) is 17.9. The maximum absolute atomic E-state index is 12.1. The average molecular weight is 317 g/mol. The van der Waals surface area contributed by atoms with E-state index in [-0.39, 0.29) is 18.6 Å². The van der Waals surface area contributed by atoms with E-state index in [1.807, 2.05) is 0 Å². The molecule has 23 heavy (non-hydrogen) atoms. The van der Waals surface area contributed by atoms with E-state index >= 15 is 0 Å². The van der Waals surface area contributed by atoms with Gasteiger partial charge in [-0.05, 0) is 6.92 Å². The normalized spacial score (nSPS) is 18.5. The van der Waals surface area contributed by atoms with Crippen LogP contribution in [0.15, 0.2) is 14.8 Å². The Balaban J connectivity index is 1.31. The zero-order chi connectivity index (χ0) is 16.3. The smallest absolute Gasteiger partial charge is 0.252 e. The van der Waals surface area contributed by atoms with Crippen LogP contribution in [-0.2, 0) is 16.1 Å². The molecule has 3 rings (SSSR count). The Morgan fingerprint density at radius 3 is 2.87 bits per heavy atom. The largest absolute Gasteiger partial charge is 0.365 e. The summed E-state index contributed by atoms with van der Waals surface area (Å²) in [6.07, 6.45) is 7.71. The van der Waals surface area contributed by atoms with Crippen molar-refractivity contribution in [3.63, 3.8) is 0 Å². The molecule has 1 amide bonds. The maximum atomic E-state index is 12.1. The fourth-order valence-electron chi connectivity index (χ4n) is 2.47. The first-order chi connectivity index (χ1) is 11.1. The zero-order valence-electron chi connectivity index (χ0n) is 13.1. The molecule has 1 aromatic heterocycles. The molecule has 0 spiro atoms. The lowest BCUT2D eigenvalue weighted by Crippen LogP contribution is -2.54. The first-order valence-electron chi connectivity index (χ1n) is 7.66. The van der Waals surface area contributed by atoms with Gasteiger partial charge in [0.1, 0.15) is 6.61 Å². The van der Waals surface area contributed by atoms with Gasteiger partial charge in [0.25, 0.3) is 5.89 Å². The predicted octanol–water partition coefficient (Wildman–Crippen LogP) is 1.46. The van der Waals surface area contributed by atoms with Crippen molar-refractivity contribution in [2.75, 3.05) is 13.1 Å². The number of rotatable bonds is 8. The van der Waals surface area contributed by atoms with Crippen LogP contribution in [0.25, 0.3) is 0 Å². The minimum Gasteiger partial charge on any atom is -0.365 e. The van der Waals surface area contributed by atoms with Crippen molar-refractivity contribution < 1.29 is 14.1 Å². The molecule has 0 atom stereocenters. The Morgan fingerprint density at radius 2 is 2.26 bits per heavy atom. The molecule has 1 saturated heterocycles. The number of ether oxygens (including phenoxy) is 1. The molecule has 0 aromatic carbocycles. The Labute approximate surface area is 134 Å². The molecule has 0 radical (unpaired) electrons. The number of aromatic nitrogens is 2. The Morgan fingerprint density at radius 1 is 1.48 bits per heavy atom. The van der Waals surface area contributed by atoms with Crippen LogP contribution in [0.2, 0.25) is 0 Å². The molecular formula is C15H19N5O3. The highest BCUT2D eigenvalue weighted by atomic mass is 16.5. The molecule has 122 valence electrons. The molecule has 3 heterocycles. The van der Waals surface area contributed by atoms with Crippen molar-refractivity contribution >= 4 is 5.91 Å². The molecule has 0 saturated carbocycles. The second-order valence-corrected chi connectivity index (χ2v) is 5.85. The van der Waals surface area contributed by atoms with Crippen molar-refractivity contribution in [1.29, 1.82) is 0 Å². The number of likely N-dealkylation sites (tertiary alicyclic amines) is 1. The Bertz CT molecular complexity index is 636. The van der Waals surface area contributed by atoms with E-state index in [0.29, 0.717) is 44.1 Å². The quantitative estimate of drug-likeness (QED) is 0.677. The number of hydrogen-bond donors (Lipinski definition) is 0. The van der Waals surface area contributed by atoms with E-state index in [1.165, 1.54) is 0 Å². The van der Waals surface area contributed by atoms with E-state index in [2.05, 4.69) is 26.3 Å². The van der Waals surface area contributed by atoms with Crippen molar-refractivity contribution in [2.45, 2.75) is 51.0 Å². The fourth-order valence-corrected chi connectivity index (χ4v) is 2.47. The number of terminal acetylenes is 1. The minimum absolute atomic E-state index is 0.0249. The molecule has 0 bridgehead atoms. The number of nitrogens with zero attached hydrogens (tertiary/aromatic N) is 5. The van der Waals surface area contributed by atoms with Gasteiger partial charge < -0.3 is 14.2 Å². The average Bonchev–Trinajstić information content (AvgIpc) is 3.15. The van der Waals surface area contributed by atoms with Crippen molar-refractivity contribution in [1.82, 2.24) is 15.0 Å². The molecule has 0 unspecified atom stereocenters. The van der Waals surface area contributed by atoms with E-state index in [0.717, 1.165) is 6.42 Å². The van der Waals surface area contributed by atoms with Gasteiger partial charge in [0, 0.05) is 38.8 Å². The topological polar surface area (TPSA) is 93.2 Å². The van der Waals surface area contributed by atoms with Crippen molar-refractivity contribution in [3.8, 4) is 12.3 Å². The summed E-state index contributed by atoms with van der Waals surface area (Å²) in [5.41, 5.74) is -0.390. The lowest BCUT2D eigenvalue weighted by molar-refractivity contribution is -0.146. The highest BCUT2D eigenvalue weighted by Gasteiger charge is 2.40. The number of hydrogen-bond acceptors (Lipinski definition) is 7. The van der Waals surface area contributed by atoms with Crippen LogP contribution < -0.4 is 0 Å². The van der Waals surface area contributed by atoms with Crippen LogP contribution >= 0.6 is 0 Å². The standard InChI is InChI=1S/C15H19N5O3/c1-3-4-6-15(18-19-15)7-5-14(21)20-8-12(9-20)22-10-13-16-11(2)17-23-13/h1,12H,4-10H2,2H3. The van der Waals surface area contributed by atoms with Crippen LogP contribution in [0, 0.1) is 19.3 Å². The number of carbonyl (C=O) groups is 1. The van der Waals surface area contributed by atoms with Gasteiger partial charge in [0.15, 0.2) is 11.5 Å².